The van der Waals surface area contributed by atoms with Crippen LogP contribution in [-0.2, 0) is 16.0 Å². The molecule has 26 heavy (non-hydrogen) atoms. The zero-order chi connectivity index (χ0) is 18.2. The molecule has 1 fully saturated rings. The van der Waals surface area contributed by atoms with Gasteiger partial charge < -0.3 is 25.4 Å². The van der Waals surface area contributed by atoms with Gasteiger partial charge in [0.2, 0.25) is 11.8 Å². The number of halogens is 1. The van der Waals surface area contributed by atoms with Crippen molar-refractivity contribution >= 4 is 24.2 Å². The molecule has 1 atom stereocenters. The number of nitrogens with one attached hydrogen (secondary N) is 1. The number of hydrogen-bond donors (Lipinski definition) is 2. The van der Waals surface area contributed by atoms with Crippen LogP contribution < -0.4 is 20.5 Å². The minimum Gasteiger partial charge on any atom is -0.497 e. The molecule has 1 aliphatic heterocycles. The molecule has 1 unspecified atom stereocenters. The predicted octanol–water partition coefficient (Wildman–Crippen LogP) is 0.982. The Labute approximate surface area is 160 Å². The number of nitrogens with zero attached hydrogens (tertiary/aromatic N) is 1. The van der Waals surface area contributed by atoms with E-state index < -0.39 is 0 Å². The number of carbonyl (C=O) groups excluding carboxylic acids is 2. The van der Waals surface area contributed by atoms with Crippen LogP contribution in [0, 0.1) is 5.92 Å². The van der Waals surface area contributed by atoms with Crippen LogP contribution >= 0.6 is 12.4 Å². The molecule has 0 spiro atoms. The third kappa shape index (κ3) is 5.78. The molecule has 0 saturated carbocycles. The first kappa shape index (κ1) is 22.1. The molecular weight excluding hydrogens is 358 g/mol. The van der Waals surface area contributed by atoms with Gasteiger partial charge in [0.1, 0.15) is 11.5 Å². The number of ether oxygens (including phenoxy) is 2. The molecule has 1 aromatic carbocycles. The van der Waals surface area contributed by atoms with Crippen molar-refractivity contribution in [1.82, 2.24) is 10.2 Å². The van der Waals surface area contributed by atoms with Crippen molar-refractivity contribution in [1.29, 1.82) is 0 Å². The Morgan fingerprint density at radius 3 is 2.73 bits per heavy atom. The van der Waals surface area contributed by atoms with E-state index in [0.29, 0.717) is 37.7 Å². The first-order chi connectivity index (χ1) is 12.1. The molecule has 0 bridgehead atoms. The third-order valence-electron chi connectivity index (χ3n) is 4.42. The minimum absolute atomic E-state index is 0. The summed E-state index contributed by atoms with van der Waals surface area (Å²) in [6.07, 6.45) is 1.84. The second-order valence-electron chi connectivity index (χ2n) is 6.11. The Balaban J connectivity index is 0.00000338. The third-order valence-corrected chi connectivity index (χ3v) is 4.42. The maximum Gasteiger partial charge on any atom is 0.227 e. The van der Waals surface area contributed by atoms with Crippen molar-refractivity contribution < 1.29 is 19.1 Å². The number of nitrogens with two attached hydrogens (primary N) is 1. The lowest BCUT2D eigenvalue weighted by Gasteiger charge is -2.32. The summed E-state index contributed by atoms with van der Waals surface area (Å²) < 4.78 is 10.6. The van der Waals surface area contributed by atoms with Gasteiger partial charge in [-0.25, -0.2) is 0 Å². The highest BCUT2D eigenvalue weighted by atomic mass is 35.5. The van der Waals surface area contributed by atoms with Gasteiger partial charge in [0.15, 0.2) is 0 Å². The molecule has 0 aliphatic carbocycles. The van der Waals surface area contributed by atoms with Crippen LogP contribution in [-0.4, -0.2) is 57.1 Å². The van der Waals surface area contributed by atoms with E-state index in [1.54, 1.807) is 31.3 Å². The first-order valence-electron chi connectivity index (χ1n) is 8.55. The second kappa shape index (κ2) is 10.9. The van der Waals surface area contributed by atoms with Gasteiger partial charge >= 0.3 is 0 Å². The Morgan fingerprint density at radius 1 is 1.31 bits per heavy atom. The normalized spacial score (nSPS) is 16.4. The summed E-state index contributed by atoms with van der Waals surface area (Å²) >= 11 is 0. The van der Waals surface area contributed by atoms with Crippen molar-refractivity contribution in [3.63, 3.8) is 0 Å². The van der Waals surface area contributed by atoms with Crippen molar-refractivity contribution in [3.05, 3.63) is 23.8 Å². The van der Waals surface area contributed by atoms with E-state index in [4.69, 9.17) is 15.2 Å². The SMILES string of the molecule is COc1ccc(OC)c(CC(=O)N2CCCC(C(=O)NCCN)C2)c1.Cl. The van der Waals surface area contributed by atoms with E-state index in [-0.39, 0.29) is 36.6 Å². The highest BCUT2D eigenvalue weighted by Crippen LogP contribution is 2.26. The van der Waals surface area contributed by atoms with Gasteiger partial charge in [0.25, 0.3) is 0 Å². The minimum atomic E-state index is -0.170. The number of benzene rings is 1. The summed E-state index contributed by atoms with van der Waals surface area (Å²) in [6.45, 7) is 1.99. The predicted molar refractivity (Wildman–Crippen MR) is 102 cm³/mol. The van der Waals surface area contributed by atoms with Gasteiger partial charge in [-0.3, -0.25) is 9.59 Å². The lowest BCUT2D eigenvalue weighted by molar-refractivity contribution is -0.135. The summed E-state index contributed by atoms with van der Waals surface area (Å²) in [5.41, 5.74) is 6.20. The largest absolute Gasteiger partial charge is 0.497 e. The van der Waals surface area contributed by atoms with E-state index in [1.165, 1.54) is 0 Å². The topological polar surface area (TPSA) is 93.9 Å². The van der Waals surface area contributed by atoms with Gasteiger partial charge in [-0.2, -0.15) is 0 Å². The first-order valence-corrected chi connectivity index (χ1v) is 8.55. The highest BCUT2D eigenvalue weighted by Gasteiger charge is 2.28. The van der Waals surface area contributed by atoms with Gasteiger partial charge in [-0.15, -0.1) is 12.4 Å². The molecule has 1 heterocycles. The maximum absolute atomic E-state index is 12.7. The van der Waals surface area contributed by atoms with Crippen molar-refractivity contribution in [3.8, 4) is 11.5 Å². The Bertz CT molecular complexity index is 612. The number of carbonyl (C=O) groups is 2. The molecule has 7 nitrogen and oxygen atoms in total. The lowest BCUT2D eigenvalue weighted by Crippen LogP contribution is -2.46. The standard InChI is InChI=1S/C18H27N3O4.ClH/c1-24-15-5-6-16(25-2)14(10-15)11-17(22)21-9-3-4-13(12-21)18(23)20-8-7-19;/h5-6,10,13H,3-4,7-9,11-12,19H2,1-2H3,(H,20,23);1H. The van der Waals surface area contributed by atoms with Gasteiger partial charge in [-0.1, -0.05) is 0 Å². The number of methoxy groups -OCH3 is 2. The van der Waals surface area contributed by atoms with Gasteiger partial charge in [-0.05, 0) is 31.0 Å². The lowest BCUT2D eigenvalue weighted by atomic mass is 9.96. The summed E-state index contributed by atoms with van der Waals surface area (Å²) in [5.74, 6) is 1.13. The van der Waals surface area contributed by atoms with E-state index >= 15 is 0 Å². The van der Waals surface area contributed by atoms with E-state index in [0.717, 1.165) is 18.4 Å². The fraction of sp³-hybridized carbons (Fsp3) is 0.556. The van der Waals surface area contributed by atoms with Crippen molar-refractivity contribution in [2.45, 2.75) is 19.3 Å². The van der Waals surface area contributed by atoms with E-state index in [9.17, 15) is 9.59 Å². The summed E-state index contributed by atoms with van der Waals surface area (Å²) in [5, 5.41) is 2.81. The summed E-state index contributed by atoms with van der Waals surface area (Å²) in [4.78, 5) is 26.6. The number of amides is 2. The molecule has 146 valence electrons. The average Bonchev–Trinajstić information content (AvgIpc) is 2.66. The fourth-order valence-corrected chi connectivity index (χ4v) is 3.05. The Kier molecular flexibility index (Phi) is 9.23. The maximum atomic E-state index is 12.7. The van der Waals surface area contributed by atoms with Gasteiger partial charge in [0.05, 0.1) is 26.6 Å². The number of hydrogen-bond acceptors (Lipinski definition) is 5. The van der Waals surface area contributed by atoms with E-state index in [1.807, 2.05) is 6.07 Å². The Hall–Kier alpha value is -1.99. The molecule has 1 aliphatic rings. The quantitative estimate of drug-likeness (QED) is 0.729. The summed E-state index contributed by atoms with van der Waals surface area (Å²) in [6, 6.07) is 5.40. The average molecular weight is 386 g/mol. The van der Waals surface area contributed by atoms with Crippen LogP contribution in [0.15, 0.2) is 18.2 Å². The summed E-state index contributed by atoms with van der Waals surface area (Å²) in [7, 11) is 3.16. The molecule has 0 radical (unpaired) electrons. The molecular formula is C18H28ClN3O4. The van der Waals surface area contributed by atoms with Crippen LogP contribution in [0.3, 0.4) is 0 Å². The highest BCUT2D eigenvalue weighted by molar-refractivity contribution is 5.85. The molecule has 2 rings (SSSR count). The molecule has 1 saturated heterocycles. The monoisotopic (exact) mass is 385 g/mol. The second-order valence-corrected chi connectivity index (χ2v) is 6.11. The molecule has 0 aromatic heterocycles. The van der Waals surface area contributed by atoms with Crippen LogP contribution in [0.2, 0.25) is 0 Å². The zero-order valence-corrected chi connectivity index (χ0v) is 16.1. The van der Waals surface area contributed by atoms with Crippen molar-refractivity contribution in [2.24, 2.45) is 11.7 Å². The zero-order valence-electron chi connectivity index (χ0n) is 15.3. The smallest absolute Gasteiger partial charge is 0.227 e. The van der Waals surface area contributed by atoms with Crippen LogP contribution in [0.25, 0.3) is 0 Å². The molecule has 1 aromatic rings. The van der Waals surface area contributed by atoms with Crippen LogP contribution in [0.4, 0.5) is 0 Å². The number of likely N-dealkylation sites (tertiary alicyclic amines) is 1. The van der Waals surface area contributed by atoms with E-state index in [2.05, 4.69) is 5.32 Å². The van der Waals surface area contributed by atoms with Gasteiger partial charge in [0, 0.05) is 31.7 Å². The number of rotatable bonds is 7. The van der Waals surface area contributed by atoms with Crippen molar-refractivity contribution in [2.75, 3.05) is 40.4 Å². The molecule has 8 heteroatoms. The number of piperidine rings is 1. The molecule has 2 amide bonds. The van der Waals surface area contributed by atoms with Crippen LogP contribution in [0.1, 0.15) is 18.4 Å². The van der Waals surface area contributed by atoms with Crippen LogP contribution in [0.5, 0.6) is 11.5 Å². The fourth-order valence-electron chi connectivity index (χ4n) is 3.05. The molecule has 3 N–H and O–H groups in total. The Morgan fingerprint density at radius 2 is 2.08 bits per heavy atom.